The first-order chi connectivity index (χ1) is 8.66. The van der Waals surface area contributed by atoms with Gasteiger partial charge in [0.15, 0.2) is 0 Å². The first-order valence-electron chi connectivity index (χ1n) is 6.48. The van der Waals surface area contributed by atoms with E-state index in [2.05, 4.69) is 15.3 Å². The predicted molar refractivity (Wildman–Crippen MR) is 70.4 cm³/mol. The van der Waals surface area contributed by atoms with Gasteiger partial charge in [-0.3, -0.25) is 9.78 Å². The number of aromatic nitrogens is 2. The van der Waals surface area contributed by atoms with Crippen molar-refractivity contribution in [2.45, 2.75) is 33.1 Å². The van der Waals surface area contributed by atoms with Crippen LogP contribution in [0, 0.1) is 13.8 Å². The number of anilines is 1. The molecule has 0 bridgehead atoms. The van der Waals surface area contributed by atoms with Crippen molar-refractivity contribution in [2.75, 3.05) is 25.0 Å². The summed E-state index contributed by atoms with van der Waals surface area (Å²) in [7, 11) is 0. The van der Waals surface area contributed by atoms with E-state index in [9.17, 15) is 4.79 Å². The quantitative estimate of drug-likeness (QED) is 0.877. The Morgan fingerprint density at radius 1 is 1.33 bits per heavy atom. The summed E-state index contributed by atoms with van der Waals surface area (Å²) in [6.45, 7) is 6.32. The summed E-state index contributed by atoms with van der Waals surface area (Å²) < 4.78 is 0. The summed E-state index contributed by atoms with van der Waals surface area (Å²) in [5, 5.41) is 3.15. The molecule has 0 unspecified atom stereocenters. The first-order valence-corrected chi connectivity index (χ1v) is 6.48. The van der Waals surface area contributed by atoms with Crippen molar-refractivity contribution in [1.29, 1.82) is 0 Å². The zero-order chi connectivity index (χ0) is 13.0. The van der Waals surface area contributed by atoms with E-state index in [-0.39, 0.29) is 5.91 Å². The van der Waals surface area contributed by atoms with Crippen molar-refractivity contribution >= 4 is 11.7 Å². The third kappa shape index (κ3) is 3.18. The van der Waals surface area contributed by atoms with Gasteiger partial charge in [-0.15, -0.1) is 0 Å². The van der Waals surface area contributed by atoms with Crippen LogP contribution < -0.4 is 5.32 Å². The van der Waals surface area contributed by atoms with Crippen LogP contribution in [0.25, 0.3) is 0 Å². The second-order valence-electron chi connectivity index (χ2n) is 4.69. The highest BCUT2D eigenvalue weighted by Crippen LogP contribution is 2.09. The number of likely N-dealkylation sites (tertiary alicyclic amines) is 1. The van der Waals surface area contributed by atoms with Crippen molar-refractivity contribution in [1.82, 2.24) is 14.9 Å². The Hall–Kier alpha value is -1.65. The summed E-state index contributed by atoms with van der Waals surface area (Å²) >= 11 is 0. The van der Waals surface area contributed by atoms with Gasteiger partial charge < -0.3 is 10.2 Å². The molecule has 2 heterocycles. The van der Waals surface area contributed by atoms with Crippen LogP contribution in [0.2, 0.25) is 0 Å². The predicted octanol–water partition coefficient (Wildman–Crippen LogP) is 1.52. The minimum absolute atomic E-state index is 0.233. The van der Waals surface area contributed by atoms with Gasteiger partial charge in [-0.1, -0.05) is 0 Å². The zero-order valence-corrected chi connectivity index (χ0v) is 11.1. The molecule has 1 aliphatic heterocycles. The molecule has 1 saturated heterocycles. The van der Waals surface area contributed by atoms with Crippen LogP contribution in [0.3, 0.4) is 0 Å². The molecular formula is C13H20N4O. The van der Waals surface area contributed by atoms with Crippen LogP contribution in [-0.2, 0) is 4.79 Å². The number of aryl methyl sites for hydroxylation is 2. The third-order valence-corrected chi connectivity index (χ3v) is 3.30. The number of hydrogen-bond acceptors (Lipinski definition) is 4. The van der Waals surface area contributed by atoms with Gasteiger partial charge in [-0.05, 0) is 26.7 Å². The highest BCUT2D eigenvalue weighted by atomic mass is 16.2. The van der Waals surface area contributed by atoms with Gasteiger partial charge in [-0.25, -0.2) is 4.98 Å². The Morgan fingerprint density at radius 2 is 2.06 bits per heavy atom. The molecule has 98 valence electrons. The standard InChI is InChI=1S/C13H20N4O/c1-10-11(2)16-12(9-15-10)14-6-5-13(18)17-7-3-4-8-17/h9H,3-8H2,1-2H3,(H,14,16). The topological polar surface area (TPSA) is 58.1 Å². The average molecular weight is 248 g/mol. The lowest BCUT2D eigenvalue weighted by Crippen LogP contribution is -2.29. The maximum absolute atomic E-state index is 11.8. The second-order valence-corrected chi connectivity index (χ2v) is 4.69. The monoisotopic (exact) mass is 248 g/mol. The number of carbonyl (C=O) groups excluding carboxylic acids is 1. The fourth-order valence-electron chi connectivity index (χ4n) is 2.05. The minimum atomic E-state index is 0.233. The van der Waals surface area contributed by atoms with Gasteiger partial charge in [0.1, 0.15) is 5.82 Å². The average Bonchev–Trinajstić information content (AvgIpc) is 2.87. The van der Waals surface area contributed by atoms with Gasteiger partial charge in [-0.2, -0.15) is 0 Å². The van der Waals surface area contributed by atoms with Crippen molar-refractivity contribution in [3.05, 3.63) is 17.6 Å². The number of rotatable bonds is 4. The molecule has 18 heavy (non-hydrogen) atoms. The lowest BCUT2D eigenvalue weighted by molar-refractivity contribution is -0.129. The summed E-state index contributed by atoms with van der Waals surface area (Å²) in [4.78, 5) is 22.3. The van der Waals surface area contributed by atoms with E-state index in [0.717, 1.165) is 43.1 Å². The fraction of sp³-hybridized carbons (Fsp3) is 0.615. The first kappa shape index (κ1) is 12.8. The normalized spacial score (nSPS) is 14.9. The van der Waals surface area contributed by atoms with Crippen LogP contribution >= 0.6 is 0 Å². The molecule has 5 heteroatoms. The van der Waals surface area contributed by atoms with Crippen molar-refractivity contribution in [3.8, 4) is 0 Å². The molecule has 2 rings (SSSR count). The van der Waals surface area contributed by atoms with Gasteiger partial charge >= 0.3 is 0 Å². The van der Waals surface area contributed by atoms with Crippen molar-refractivity contribution < 1.29 is 4.79 Å². The van der Waals surface area contributed by atoms with Gasteiger partial charge in [0.25, 0.3) is 0 Å². The van der Waals surface area contributed by atoms with Crippen molar-refractivity contribution in [2.24, 2.45) is 0 Å². The molecule has 0 aliphatic carbocycles. The van der Waals surface area contributed by atoms with E-state index in [4.69, 9.17) is 0 Å². The van der Waals surface area contributed by atoms with E-state index >= 15 is 0 Å². The number of amides is 1. The molecule has 1 N–H and O–H groups in total. The Kier molecular flexibility index (Phi) is 4.12. The molecule has 0 saturated carbocycles. The fourth-order valence-corrected chi connectivity index (χ4v) is 2.05. The minimum Gasteiger partial charge on any atom is -0.368 e. The van der Waals surface area contributed by atoms with Crippen molar-refractivity contribution in [3.63, 3.8) is 0 Å². The summed E-state index contributed by atoms with van der Waals surface area (Å²) in [5.41, 5.74) is 1.86. The number of nitrogens with zero attached hydrogens (tertiary/aromatic N) is 3. The summed E-state index contributed by atoms with van der Waals surface area (Å²) in [5.74, 6) is 0.976. The molecule has 0 spiro atoms. The van der Waals surface area contributed by atoms with E-state index < -0.39 is 0 Å². The second kappa shape index (κ2) is 5.80. The maximum atomic E-state index is 11.8. The van der Waals surface area contributed by atoms with Crippen LogP contribution in [0.4, 0.5) is 5.82 Å². The molecule has 1 aliphatic rings. The molecule has 1 amide bonds. The van der Waals surface area contributed by atoms with E-state index in [1.165, 1.54) is 0 Å². The molecule has 1 aromatic rings. The van der Waals surface area contributed by atoms with Crippen LogP contribution in [-0.4, -0.2) is 40.4 Å². The Bertz CT molecular complexity index is 427. The molecule has 0 radical (unpaired) electrons. The smallest absolute Gasteiger partial charge is 0.224 e. The zero-order valence-electron chi connectivity index (χ0n) is 11.1. The molecular weight excluding hydrogens is 228 g/mol. The highest BCUT2D eigenvalue weighted by Gasteiger charge is 2.16. The largest absolute Gasteiger partial charge is 0.368 e. The molecule has 1 fully saturated rings. The molecule has 5 nitrogen and oxygen atoms in total. The van der Waals surface area contributed by atoms with E-state index in [0.29, 0.717) is 13.0 Å². The van der Waals surface area contributed by atoms with Gasteiger partial charge in [0.05, 0.1) is 17.6 Å². The van der Waals surface area contributed by atoms with E-state index in [1.807, 2.05) is 18.7 Å². The lowest BCUT2D eigenvalue weighted by Gasteiger charge is -2.15. The van der Waals surface area contributed by atoms with Crippen LogP contribution in [0.15, 0.2) is 6.20 Å². The number of hydrogen-bond donors (Lipinski definition) is 1. The Balaban J connectivity index is 1.77. The Labute approximate surface area is 108 Å². The van der Waals surface area contributed by atoms with Crippen LogP contribution in [0.1, 0.15) is 30.7 Å². The Morgan fingerprint density at radius 3 is 2.72 bits per heavy atom. The number of nitrogens with one attached hydrogen (secondary N) is 1. The maximum Gasteiger partial charge on any atom is 0.224 e. The SMILES string of the molecule is Cc1ncc(NCCC(=O)N2CCCC2)nc1C. The third-order valence-electron chi connectivity index (χ3n) is 3.30. The highest BCUT2D eigenvalue weighted by molar-refractivity contribution is 5.76. The van der Waals surface area contributed by atoms with E-state index in [1.54, 1.807) is 6.20 Å². The molecule has 1 aromatic heterocycles. The summed E-state index contributed by atoms with van der Waals surface area (Å²) in [6, 6.07) is 0. The number of carbonyl (C=O) groups is 1. The lowest BCUT2D eigenvalue weighted by atomic mass is 10.3. The van der Waals surface area contributed by atoms with Crippen LogP contribution in [0.5, 0.6) is 0 Å². The molecule has 0 aromatic carbocycles. The van der Waals surface area contributed by atoms with Gasteiger partial charge in [0, 0.05) is 26.1 Å². The van der Waals surface area contributed by atoms with Gasteiger partial charge in [0.2, 0.25) is 5.91 Å². The summed E-state index contributed by atoms with van der Waals surface area (Å²) in [6.07, 6.45) is 4.51. The molecule has 0 atom stereocenters.